The first kappa shape index (κ1) is 28.6. The second kappa shape index (κ2) is 16.9. The van der Waals surface area contributed by atoms with Gasteiger partial charge in [0.2, 0.25) is 5.91 Å². The molecule has 2 aromatic rings. The predicted octanol–water partition coefficient (Wildman–Crippen LogP) is 7.39. The van der Waals surface area contributed by atoms with Crippen LogP contribution in [-0.4, -0.2) is 27.6 Å². The van der Waals surface area contributed by atoms with Crippen LogP contribution in [0.4, 0.5) is 4.39 Å². The summed E-state index contributed by atoms with van der Waals surface area (Å²) in [5, 5.41) is 12.9. The van der Waals surface area contributed by atoms with Crippen LogP contribution in [0.3, 0.4) is 0 Å². The van der Waals surface area contributed by atoms with Crippen molar-refractivity contribution < 1.29 is 19.1 Å². The minimum atomic E-state index is -1.08. The minimum absolute atomic E-state index is 0.0998. The smallest absolute Gasteiger partial charge is 0.328 e. The quantitative estimate of drug-likeness (QED) is 0.161. The number of carboxylic acids is 1. The first-order valence-corrected chi connectivity index (χ1v) is 13.4. The van der Waals surface area contributed by atoms with Crippen molar-refractivity contribution in [3.05, 3.63) is 48.4 Å². The number of rotatable bonds is 19. The van der Waals surface area contributed by atoms with Gasteiger partial charge < -0.3 is 15.0 Å². The maximum absolute atomic E-state index is 13.4. The van der Waals surface area contributed by atoms with Crippen LogP contribution in [0.15, 0.2) is 42.6 Å². The summed E-state index contributed by atoms with van der Waals surface area (Å²) in [6, 6.07) is 5.10. The van der Waals surface area contributed by atoms with Crippen molar-refractivity contribution in [2.24, 2.45) is 0 Å². The summed E-state index contributed by atoms with van der Waals surface area (Å²) in [6.07, 6.45) is 22.2. The van der Waals surface area contributed by atoms with E-state index >= 15 is 0 Å². The van der Waals surface area contributed by atoms with Gasteiger partial charge in [0.25, 0.3) is 0 Å². The number of benzene rings is 1. The molecule has 0 saturated heterocycles. The van der Waals surface area contributed by atoms with E-state index in [1.807, 2.05) is 0 Å². The SMILES string of the molecule is CCCCCCCCC=CCCCCCCCC(=O)NC(Cn1ccc2cc(F)ccc21)C(=O)O. The van der Waals surface area contributed by atoms with Gasteiger partial charge in [0.05, 0.1) is 6.54 Å². The molecular weight excluding hydrogens is 443 g/mol. The number of carboxylic acid groups (broad SMARTS) is 1. The molecule has 1 unspecified atom stereocenters. The summed E-state index contributed by atoms with van der Waals surface area (Å²) in [5.74, 6) is -1.65. The number of amides is 1. The van der Waals surface area contributed by atoms with Gasteiger partial charge in [-0.05, 0) is 56.4 Å². The first-order valence-electron chi connectivity index (χ1n) is 13.4. The Morgan fingerprint density at radius 1 is 0.943 bits per heavy atom. The highest BCUT2D eigenvalue weighted by Crippen LogP contribution is 2.18. The molecule has 1 aromatic heterocycles. The van der Waals surface area contributed by atoms with Crippen LogP contribution in [0.1, 0.15) is 96.8 Å². The van der Waals surface area contributed by atoms with Gasteiger partial charge in [-0.25, -0.2) is 9.18 Å². The number of hydrogen-bond donors (Lipinski definition) is 2. The fourth-order valence-corrected chi connectivity index (χ4v) is 4.34. The van der Waals surface area contributed by atoms with Crippen LogP contribution in [0.2, 0.25) is 0 Å². The molecule has 2 rings (SSSR count). The van der Waals surface area contributed by atoms with E-state index in [2.05, 4.69) is 24.4 Å². The molecule has 0 aliphatic rings. The molecule has 35 heavy (non-hydrogen) atoms. The summed E-state index contributed by atoms with van der Waals surface area (Å²) in [5.41, 5.74) is 0.740. The standard InChI is InChI=1S/C29H43FN2O3/c1-2-3-4-5-6-7-8-9-10-11-12-13-14-15-16-17-28(33)31-26(29(34)35)23-32-21-20-24-22-25(30)18-19-27(24)32/h9-10,18-22,26H,2-8,11-17,23H2,1H3,(H,31,33)(H,34,35). The normalized spacial score (nSPS) is 12.4. The van der Waals surface area contributed by atoms with Crippen molar-refractivity contribution in [1.82, 2.24) is 9.88 Å². The van der Waals surface area contributed by atoms with Crippen LogP contribution >= 0.6 is 0 Å². The van der Waals surface area contributed by atoms with Gasteiger partial charge in [-0.2, -0.15) is 0 Å². The van der Waals surface area contributed by atoms with Crippen molar-refractivity contribution in [3.8, 4) is 0 Å². The van der Waals surface area contributed by atoms with Gasteiger partial charge in [0.1, 0.15) is 11.9 Å². The summed E-state index contributed by atoms with van der Waals surface area (Å²) >= 11 is 0. The van der Waals surface area contributed by atoms with E-state index in [1.54, 1.807) is 22.9 Å². The lowest BCUT2D eigenvalue weighted by atomic mass is 10.1. The number of unbranched alkanes of at least 4 members (excludes halogenated alkanes) is 11. The fraction of sp³-hybridized carbons (Fsp3) is 0.586. The van der Waals surface area contributed by atoms with Gasteiger partial charge in [-0.3, -0.25) is 4.79 Å². The summed E-state index contributed by atoms with van der Waals surface area (Å²) in [7, 11) is 0. The molecule has 1 atom stereocenters. The zero-order valence-corrected chi connectivity index (χ0v) is 21.3. The highest BCUT2D eigenvalue weighted by atomic mass is 19.1. The molecule has 0 radical (unpaired) electrons. The molecule has 0 aliphatic carbocycles. The van der Waals surface area contributed by atoms with E-state index in [0.29, 0.717) is 11.8 Å². The fourth-order valence-electron chi connectivity index (χ4n) is 4.34. The third-order valence-electron chi connectivity index (χ3n) is 6.41. The first-order chi connectivity index (χ1) is 17.0. The molecule has 5 nitrogen and oxygen atoms in total. The number of hydrogen-bond acceptors (Lipinski definition) is 2. The number of aliphatic carboxylic acids is 1. The summed E-state index contributed by atoms with van der Waals surface area (Å²) < 4.78 is 15.1. The molecule has 1 amide bonds. The van der Waals surface area contributed by atoms with Crippen LogP contribution < -0.4 is 5.32 Å². The number of nitrogens with one attached hydrogen (secondary N) is 1. The monoisotopic (exact) mass is 486 g/mol. The molecule has 0 fully saturated rings. The lowest BCUT2D eigenvalue weighted by Gasteiger charge is -2.16. The van der Waals surface area contributed by atoms with Crippen molar-refractivity contribution in [2.75, 3.05) is 0 Å². The van der Waals surface area contributed by atoms with E-state index in [0.717, 1.165) is 37.6 Å². The zero-order valence-electron chi connectivity index (χ0n) is 21.3. The second-order valence-corrected chi connectivity index (χ2v) is 9.46. The Labute approximate surface area is 209 Å². The largest absolute Gasteiger partial charge is 0.480 e. The Bertz CT molecular complexity index is 922. The van der Waals surface area contributed by atoms with Gasteiger partial charge in [-0.1, -0.05) is 70.4 Å². The maximum atomic E-state index is 13.4. The Balaban J connectivity index is 1.54. The van der Waals surface area contributed by atoms with E-state index in [-0.39, 0.29) is 18.3 Å². The molecule has 0 saturated carbocycles. The molecule has 0 bridgehead atoms. The molecule has 0 spiro atoms. The number of nitrogens with zero attached hydrogens (tertiary/aromatic N) is 1. The van der Waals surface area contributed by atoms with Crippen molar-refractivity contribution in [3.63, 3.8) is 0 Å². The van der Waals surface area contributed by atoms with Crippen molar-refractivity contribution >= 4 is 22.8 Å². The number of aromatic nitrogens is 1. The Morgan fingerprint density at radius 2 is 1.57 bits per heavy atom. The average Bonchev–Trinajstić information content (AvgIpc) is 3.22. The van der Waals surface area contributed by atoms with E-state index in [4.69, 9.17) is 0 Å². The lowest BCUT2D eigenvalue weighted by molar-refractivity contribution is -0.142. The Kier molecular flexibility index (Phi) is 13.8. The molecule has 0 aliphatic heterocycles. The highest BCUT2D eigenvalue weighted by molar-refractivity contribution is 5.84. The van der Waals surface area contributed by atoms with Crippen LogP contribution in [0.25, 0.3) is 10.9 Å². The minimum Gasteiger partial charge on any atom is -0.480 e. The maximum Gasteiger partial charge on any atom is 0.328 e. The summed E-state index contributed by atoms with van der Waals surface area (Å²) in [4.78, 5) is 24.0. The van der Waals surface area contributed by atoms with Crippen molar-refractivity contribution in [2.45, 2.75) is 109 Å². The predicted molar refractivity (Wildman–Crippen MR) is 141 cm³/mol. The molecule has 194 valence electrons. The van der Waals surface area contributed by atoms with Crippen LogP contribution in [0, 0.1) is 5.82 Å². The zero-order chi connectivity index (χ0) is 25.3. The molecule has 2 N–H and O–H groups in total. The topological polar surface area (TPSA) is 71.3 Å². The number of carbonyl (C=O) groups is 2. The molecule has 1 heterocycles. The van der Waals surface area contributed by atoms with Crippen molar-refractivity contribution in [1.29, 1.82) is 0 Å². The van der Waals surface area contributed by atoms with Gasteiger partial charge in [0, 0.05) is 23.5 Å². The number of halogens is 1. The van der Waals surface area contributed by atoms with Gasteiger partial charge in [0.15, 0.2) is 0 Å². The highest BCUT2D eigenvalue weighted by Gasteiger charge is 2.21. The lowest BCUT2D eigenvalue weighted by Crippen LogP contribution is -2.43. The third kappa shape index (κ3) is 11.6. The van der Waals surface area contributed by atoms with Crippen LogP contribution in [0.5, 0.6) is 0 Å². The molecular formula is C29H43FN2O3. The van der Waals surface area contributed by atoms with E-state index < -0.39 is 12.0 Å². The molecule has 6 heteroatoms. The average molecular weight is 487 g/mol. The van der Waals surface area contributed by atoms with E-state index in [1.165, 1.54) is 63.5 Å². The van der Waals surface area contributed by atoms with Gasteiger partial charge >= 0.3 is 5.97 Å². The number of fused-ring (bicyclic) bond motifs is 1. The van der Waals surface area contributed by atoms with Gasteiger partial charge in [-0.15, -0.1) is 0 Å². The number of carbonyl (C=O) groups excluding carboxylic acids is 1. The second-order valence-electron chi connectivity index (χ2n) is 9.46. The number of allylic oxidation sites excluding steroid dienone is 2. The van der Waals surface area contributed by atoms with Crippen LogP contribution in [-0.2, 0) is 16.1 Å². The Hall–Kier alpha value is -2.63. The Morgan fingerprint density at radius 3 is 2.23 bits per heavy atom. The third-order valence-corrected chi connectivity index (χ3v) is 6.41. The molecule has 1 aromatic carbocycles. The summed E-state index contributed by atoms with van der Waals surface area (Å²) in [6.45, 7) is 2.35. The van der Waals surface area contributed by atoms with E-state index in [9.17, 15) is 19.1 Å².